The summed E-state index contributed by atoms with van der Waals surface area (Å²) in [4.78, 5) is 12.2. The SMILES string of the molecule is COC(=O)c1cn(S(=O)(=O)c2ccccc2)c(-c2ccccc2)c1OC. The van der Waals surface area contributed by atoms with E-state index in [4.69, 9.17) is 9.47 Å². The topological polar surface area (TPSA) is 74.6 Å². The molecule has 0 radical (unpaired) electrons. The summed E-state index contributed by atoms with van der Waals surface area (Å²) in [6, 6.07) is 16.9. The number of methoxy groups -OCH3 is 2. The van der Waals surface area contributed by atoms with E-state index in [0.29, 0.717) is 5.56 Å². The van der Waals surface area contributed by atoms with E-state index in [-0.39, 0.29) is 21.9 Å². The summed E-state index contributed by atoms with van der Waals surface area (Å²) in [5.74, 6) is -0.538. The Hall–Kier alpha value is -3.06. The number of carbonyl (C=O) groups is 1. The third-order valence-corrected chi connectivity index (χ3v) is 5.56. The largest absolute Gasteiger partial charge is 0.494 e. The molecule has 3 aromatic rings. The van der Waals surface area contributed by atoms with Gasteiger partial charge in [-0.05, 0) is 12.1 Å². The van der Waals surface area contributed by atoms with Crippen LogP contribution in [0.5, 0.6) is 5.75 Å². The van der Waals surface area contributed by atoms with Crippen molar-refractivity contribution in [2.45, 2.75) is 4.90 Å². The van der Waals surface area contributed by atoms with E-state index in [1.807, 2.05) is 6.07 Å². The molecule has 0 unspecified atom stereocenters. The molecule has 0 saturated carbocycles. The van der Waals surface area contributed by atoms with Crippen LogP contribution in [0.15, 0.2) is 71.8 Å². The first-order valence-corrected chi connectivity index (χ1v) is 9.18. The van der Waals surface area contributed by atoms with Gasteiger partial charge in [0.1, 0.15) is 11.3 Å². The minimum absolute atomic E-state index is 0.0355. The highest BCUT2D eigenvalue weighted by atomic mass is 32.2. The molecule has 134 valence electrons. The number of aromatic nitrogens is 1. The van der Waals surface area contributed by atoms with Crippen LogP contribution in [-0.2, 0) is 14.8 Å². The molecule has 0 amide bonds. The highest BCUT2D eigenvalue weighted by molar-refractivity contribution is 7.90. The fourth-order valence-corrected chi connectivity index (χ4v) is 4.08. The molecule has 1 heterocycles. The van der Waals surface area contributed by atoms with E-state index in [1.165, 1.54) is 32.5 Å². The lowest BCUT2D eigenvalue weighted by molar-refractivity contribution is 0.0597. The van der Waals surface area contributed by atoms with Crippen molar-refractivity contribution >= 4 is 16.0 Å². The maximum absolute atomic E-state index is 13.2. The van der Waals surface area contributed by atoms with Crippen molar-refractivity contribution < 1.29 is 22.7 Å². The minimum atomic E-state index is -3.94. The third-order valence-electron chi connectivity index (χ3n) is 3.88. The second-order valence-corrected chi connectivity index (χ2v) is 7.21. The molecule has 0 saturated heterocycles. The van der Waals surface area contributed by atoms with E-state index in [1.54, 1.807) is 42.5 Å². The molecule has 0 bridgehead atoms. The molecular formula is C19H17NO5S. The first-order chi connectivity index (χ1) is 12.5. The zero-order chi connectivity index (χ0) is 18.7. The third kappa shape index (κ3) is 2.97. The number of hydrogen-bond acceptors (Lipinski definition) is 5. The maximum atomic E-state index is 13.2. The zero-order valence-corrected chi connectivity index (χ0v) is 15.1. The molecule has 0 N–H and O–H groups in total. The van der Waals surface area contributed by atoms with E-state index >= 15 is 0 Å². The van der Waals surface area contributed by atoms with E-state index in [9.17, 15) is 13.2 Å². The van der Waals surface area contributed by atoms with E-state index < -0.39 is 16.0 Å². The van der Waals surface area contributed by atoms with Gasteiger partial charge in [-0.2, -0.15) is 0 Å². The predicted molar refractivity (Wildman–Crippen MR) is 96.8 cm³/mol. The summed E-state index contributed by atoms with van der Waals surface area (Å²) in [5, 5.41) is 0. The predicted octanol–water partition coefficient (Wildman–Crippen LogP) is 3.19. The normalized spacial score (nSPS) is 11.2. The molecule has 0 spiro atoms. The Bertz CT molecular complexity index is 1020. The Morgan fingerprint density at radius 1 is 0.923 bits per heavy atom. The highest BCUT2D eigenvalue weighted by Crippen LogP contribution is 2.37. The van der Waals surface area contributed by atoms with Gasteiger partial charge >= 0.3 is 5.97 Å². The Labute approximate surface area is 151 Å². The van der Waals surface area contributed by atoms with Crippen LogP contribution in [-0.4, -0.2) is 32.6 Å². The van der Waals surface area contributed by atoms with Crippen molar-refractivity contribution in [1.82, 2.24) is 3.97 Å². The Balaban J connectivity index is 2.35. The van der Waals surface area contributed by atoms with Gasteiger partial charge in [-0.15, -0.1) is 0 Å². The number of rotatable bonds is 5. The molecular weight excluding hydrogens is 354 g/mol. The van der Waals surface area contributed by atoms with Crippen LogP contribution >= 0.6 is 0 Å². The number of esters is 1. The number of carbonyl (C=O) groups excluding carboxylic acids is 1. The smallest absolute Gasteiger partial charge is 0.343 e. The highest BCUT2D eigenvalue weighted by Gasteiger charge is 2.29. The first kappa shape index (κ1) is 17.8. The van der Waals surface area contributed by atoms with Crippen LogP contribution in [0.1, 0.15) is 10.4 Å². The van der Waals surface area contributed by atoms with Gasteiger partial charge in [-0.1, -0.05) is 48.5 Å². The van der Waals surface area contributed by atoms with Gasteiger partial charge in [0, 0.05) is 11.8 Å². The second kappa shape index (κ2) is 7.05. The van der Waals surface area contributed by atoms with Gasteiger partial charge in [-0.3, -0.25) is 0 Å². The molecule has 0 aliphatic rings. The van der Waals surface area contributed by atoms with Crippen LogP contribution in [0, 0.1) is 0 Å². The van der Waals surface area contributed by atoms with E-state index in [2.05, 4.69) is 0 Å². The van der Waals surface area contributed by atoms with Crippen molar-refractivity contribution in [2.75, 3.05) is 14.2 Å². The molecule has 0 aliphatic heterocycles. The molecule has 1 aromatic heterocycles. The number of ether oxygens (including phenoxy) is 2. The second-order valence-electron chi connectivity index (χ2n) is 5.40. The molecule has 6 nitrogen and oxygen atoms in total. The number of nitrogens with zero attached hydrogens (tertiary/aromatic N) is 1. The molecule has 7 heteroatoms. The summed E-state index contributed by atoms with van der Waals surface area (Å²) in [5.41, 5.74) is 0.893. The minimum Gasteiger partial charge on any atom is -0.494 e. The van der Waals surface area contributed by atoms with E-state index in [0.717, 1.165) is 3.97 Å². The van der Waals surface area contributed by atoms with Gasteiger partial charge in [0.25, 0.3) is 10.0 Å². The van der Waals surface area contributed by atoms with Gasteiger partial charge < -0.3 is 9.47 Å². The Morgan fingerprint density at radius 3 is 2.04 bits per heavy atom. The van der Waals surface area contributed by atoms with Crippen LogP contribution in [0.25, 0.3) is 11.3 Å². The summed E-state index contributed by atoms with van der Waals surface area (Å²) < 4.78 is 37.6. The molecule has 3 rings (SSSR count). The Kier molecular flexibility index (Phi) is 4.81. The quantitative estimate of drug-likeness (QED) is 0.644. The van der Waals surface area contributed by atoms with Crippen molar-refractivity contribution in [3.05, 3.63) is 72.4 Å². The van der Waals surface area contributed by atoms with Gasteiger partial charge in [-0.25, -0.2) is 17.2 Å². The van der Waals surface area contributed by atoms with Gasteiger partial charge in [0.15, 0.2) is 5.75 Å². The number of benzene rings is 2. The molecule has 0 atom stereocenters. The van der Waals surface area contributed by atoms with Crippen LogP contribution in [0.4, 0.5) is 0 Å². The average molecular weight is 371 g/mol. The first-order valence-electron chi connectivity index (χ1n) is 7.74. The summed E-state index contributed by atoms with van der Waals surface area (Å²) in [7, 11) is -1.33. The molecule has 0 aliphatic carbocycles. The van der Waals surface area contributed by atoms with Crippen molar-refractivity contribution in [3.8, 4) is 17.0 Å². The van der Waals surface area contributed by atoms with Crippen LogP contribution < -0.4 is 4.74 Å². The van der Waals surface area contributed by atoms with Crippen LogP contribution in [0.2, 0.25) is 0 Å². The average Bonchev–Trinajstić information content (AvgIpc) is 3.09. The molecule has 26 heavy (non-hydrogen) atoms. The summed E-state index contributed by atoms with van der Waals surface area (Å²) in [6.07, 6.45) is 1.23. The number of hydrogen-bond donors (Lipinski definition) is 0. The monoisotopic (exact) mass is 371 g/mol. The van der Waals surface area contributed by atoms with Crippen molar-refractivity contribution in [3.63, 3.8) is 0 Å². The van der Waals surface area contributed by atoms with Crippen LogP contribution in [0.3, 0.4) is 0 Å². The molecule has 2 aromatic carbocycles. The van der Waals surface area contributed by atoms with Crippen molar-refractivity contribution in [1.29, 1.82) is 0 Å². The lowest BCUT2D eigenvalue weighted by Gasteiger charge is -2.12. The van der Waals surface area contributed by atoms with Gasteiger partial charge in [0.05, 0.1) is 19.1 Å². The fraction of sp³-hybridized carbons (Fsp3) is 0.105. The summed E-state index contributed by atoms with van der Waals surface area (Å²) >= 11 is 0. The fourth-order valence-electron chi connectivity index (χ4n) is 2.68. The standard InChI is InChI=1S/C19H17NO5S/c1-24-18-16(19(21)25-2)13-20(17(18)14-9-5-3-6-10-14)26(22,23)15-11-7-4-8-12-15/h3-13H,1-2H3. The zero-order valence-electron chi connectivity index (χ0n) is 14.2. The molecule has 0 fully saturated rings. The summed E-state index contributed by atoms with van der Waals surface area (Å²) in [6.45, 7) is 0. The maximum Gasteiger partial charge on any atom is 0.343 e. The van der Waals surface area contributed by atoms with Gasteiger partial charge in [0.2, 0.25) is 0 Å². The lowest BCUT2D eigenvalue weighted by Crippen LogP contribution is -2.13. The van der Waals surface area contributed by atoms with Crippen molar-refractivity contribution in [2.24, 2.45) is 0 Å². The lowest BCUT2D eigenvalue weighted by atomic mass is 10.1. The Morgan fingerprint density at radius 2 is 1.50 bits per heavy atom.